The summed E-state index contributed by atoms with van der Waals surface area (Å²) in [6.07, 6.45) is 4.32. The van der Waals surface area contributed by atoms with Gasteiger partial charge in [0.05, 0.1) is 0 Å². The summed E-state index contributed by atoms with van der Waals surface area (Å²) >= 11 is 0. The van der Waals surface area contributed by atoms with Crippen LogP contribution in [0.15, 0.2) is 54.9 Å². The SMILES string of the molecule is O[C@@H](COc1ccccc1)CN1CCN(CCc2ccncc2)CC1. The van der Waals surface area contributed by atoms with Gasteiger partial charge in [0.1, 0.15) is 18.5 Å². The molecule has 1 atom stereocenters. The molecule has 1 aliphatic rings. The van der Waals surface area contributed by atoms with Gasteiger partial charge in [-0.15, -0.1) is 0 Å². The molecule has 5 heteroatoms. The highest BCUT2D eigenvalue weighted by Gasteiger charge is 2.19. The van der Waals surface area contributed by atoms with Gasteiger partial charge in [-0.05, 0) is 36.2 Å². The maximum Gasteiger partial charge on any atom is 0.119 e. The number of hydrogen-bond donors (Lipinski definition) is 1. The topological polar surface area (TPSA) is 48.8 Å². The summed E-state index contributed by atoms with van der Waals surface area (Å²) < 4.78 is 5.63. The van der Waals surface area contributed by atoms with E-state index in [2.05, 4.69) is 26.9 Å². The molecule has 3 rings (SSSR count). The largest absolute Gasteiger partial charge is 0.491 e. The zero-order valence-electron chi connectivity index (χ0n) is 14.6. The van der Waals surface area contributed by atoms with Gasteiger partial charge in [-0.25, -0.2) is 0 Å². The summed E-state index contributed by atoms with van der Waals surface area (Å²) in [5.41, 5.74) is 1.34. The molecule has 134 valence electrons. The fourth-order valence-corrected chi connectivity index (χ4v) is 3.09. The van der Waals surface area contributed by atoms with E-state index >= 15 is 0 Å². The van der Waals surface area contributed by atoms with Crippen LogP contribution in [0.5, 0.6) is 5.75 Å². The number of aliphatic hydroxyl groups excluding tert-OH is 1. The van der Waals surface area contributed by atoms with Crippen LogP contribution < -0.4 is 4.74 Å². The fourth-order valence-electron chi connectivity index (χ4n) is 3.09. The monoisotopic (exact) mass is 341 g/mol. The first kappa shape index (κ1) is 17.9. The lowest BCUT2D eigenvalue weighted by Crippen LogP contribution is -2.49. The Balaban J connectivity index is 1.32. The molecular weight excluding hydrogens is 314 g/mol. The van der Waals surface area contributed by atoms with Crippen molar-refractivity contribution in [1.82, 2.24) is 14.8 Å². The first-order valence-corrected chi connectivity index (χ1v) is 8.99. The second kappa shape index (κ2) is 9.51. The van der Waals surface area contributed by atoms with E-state index in [4.69, 9.17) is 4.74 Å². The molecular formula is C20H27N3O2. The number of hydrogen-bond acceptors (Lipinski definition) is 5. The van der Waals surface area contributed by atoms with E-state index in [1.165, 1.54) is 5.56 Å². The predicted octanol–water partition coefficient (Wildman–Crippen LogP) is 1.68. The molecule has 1 aliphatic heterocycles. The molecule has 2 heterocycles. The molecule has 1 N–H and O–H groups in total. The summed E-state index contributed by atoms with van der Waals surface area (Å²) in [6, 6.07) is 13.8. The molecule has 25 heavy (non-hydrogen) atoms. The van der Waals surface area contributed by atoms with Gasteiger partial charge in [-0.2, -0.15) is 0 Å². The average Bonchev–Trinajstić information content (AvgIpc) is 2.67. The summed E-state index contributed by atoms with van der Waals surface area (Å²) in [6.45, 7) is 6.20. The van der Waals surface area contributed by atoms with Crippen molar-refractivity contribution in [3.63, 3.8) is 0 Å². The highest BCUT2D eigenvalue weighted by molar-refractivity contribution is 5.20. The molecule has 1 fully saturated rings. The molecule has 5 nitrogen and oxygen atoms in total. The minimum Gasteiger partial charge on any atom is -0.491 e. The van der Waals surface area contributed by atoms with Crippen molar-refractivity contribution in [1.29, 1.82) is 0 Å². The van der Waals surface area contributed by atoms with E-state index in [0.717, 1.165) is 44.9 Å². The standard InChI is InChI=1S/C20H27N3O2/c24-19(17-25-20-4-2-1-3-5-20)16-23-14-12-22(13-15-23)11-8-18-6-9-21-10-7-18/h1-7,9-10,19,24H,8,11-17H2/t19-/m1/s1. The zero-order chi connectivity index (χ0) is 17.3. The number of aromatic nitrogens is 1. The second-order valence-corrected chi connectivity index (χ2v) is 6.53. The number of para-hydroxylation sites is 1. The van der Waals surface area contributed by atoms with Gasteiger partial charge in [0.2, 0.25) is 0 Å². The third kappa shape index (κ3) is 6.12. The van der Waals surface area contributed by atoms with E-state index in [0.29, 0.717) is 13.2 Å². The van der Waals surface area contributed by atoms with Crippen molar-refractivity contribution >= 4 is 0 Å². The van der Waals surface area contributed by atoms with E-state index < -0.39 is 6.10 Å². The van der Waals surface area contributed by atoms with Crippen LogP contribution in [0.2, 0.25) is 0 Å². The number of piperazine rings is 1. The van der Waals surface area contributed by atoms with E-state index in [-0.39, 0.29) is 0 Å². The summed E-state index contributed by atoms with van der Waals surface area (Å²) in [7, 11) is 0. The third-order valence-electron chi connectivity index (χ3n) is 4.59. The van der Waals surface area contributed by atoms with Crippen LogP contribution in [0.25, 0.3) is 0 Å². The van der Waals surface area contributed by atoms with E-state index in [1.807, 2.05) is 42.7 Å². The molecule has 1 aromatic heterocycles. The van der Waals surface area contributed by atoms with Crippen molar-refractivity contribution in [3.8, 4) is 5.75 Å². The molecule has 0 unspecified atom stereocenters. The van der Waals surface area contributed by atoms with Crippen molar-refractivity contribution in [3.05, 3.63) is 60.4 Å². The molecule has 0 radical (unpaired) electrons. The summed E-state index contributed by atoms with van der Waals surface area (Å²) in [4.78, 5) is 8.87. The van der Waals surface area contributed by atoms with Crippen LogP contribution in [0, 0.1) is 0 Å². The molecule has 0 bridgehead atoms. The molecule has 0 aliphatic carbocycles. The minimum absolute atomic E-state index is 0.340. The molecule has 0 saturated carbocycles. The maximum absolute atomic E-state index is 10.2. The van der Waals surface area contributed by atoms with Gasteiger partial charge in [0.25, 0.3) is 0 Å². The smallest absolute Gasteiger partial charge is 0.119 e. The Bertz CT molecular complexity index is 601. The van der Waals surface area contributed by atoms with Gasteiger partial charge < -0.3 is 14.7 Å². The van der Waals surface area contributed by atoms with Crippen LogP contribution in [0.1, 0.15) is 5.56 Å². The first-order chi connectivity index (χ1) is 12.3. The van der Waals surface area contributed by atoms with Crippen molar-refractivity contribution in [2.24, 2.45) is 0 Å². The Morgan fingerprint density at radius 3 is 2.36 bits per heavy atom. The van der Waals surface area contributed by atoms with Crippen molar-refractivity contribution in [2.75, 3.05) is 45.9 Å². The Kier molecular flexibility index (Phi) is 6.79. The van der Waals surface area contributed by atoms with E-state index in [9.17, 15) is 5.11 Å². The van der Waals surface area contributed by atoms with Gasteiger partial charge in [0.15, 0.2) is 0 Å². The van der Waals surface area contributed by atoms with Gasteiger partial charge in [0, 0.05) is 51.7 Å². The lowest BCUT2D eigenvalue weighted by Gasteiger charge is -2.35. The predicted molar refractivity (Wildman–Crippen MR) is 98.8 cm³/mol. The molecule has 0 amide bonds. The number of rotatable bonds is 8. The Morgan fingerprint density at radius 1 is 0.960 bits per heavy atom. The molecule has 1 aromatic carbocycles. The van der Waals surface area contributed by atoms with E-state index in [1.54, 1.807) is 0 Å². The van der Waals surface area contributed by atoms with Crippen LogP contribution >= 0.6 is 0 Å². The van der Waals surface area contributed by atoms with Crippen LogP contribution in [0.4, 0.5) is 0 Å². The first-order valence-electron chi connectivity index (χ1n) is 8.99. The maximum atomic E-state index is 10.2. The Morgan fingerprint density at radius 2 is 1.64 bits per heavy atom. The third-order valence-corrected chi connectivity index (χ3v) is 4.59. The minimum atomic E-state index is -0.455. The van der Waals surface area contributed by atoms with Crippen LogP contribution in [-0.2, 0) is 6.42 Å². The Hall–Kier alpha value is -1.95. The van der Waals surface area contributed by atoms with Crippen molar-refractivity contribution in [2.45, 2.75) is 12.5 Å². The van der Waals surface area contributed by atoms with Gasteiger partial charge >= 0.3 is 0 Å². The van der Waals surface area contributed by atoms with Gasteiger partial charge in [-0.1, -0.05) is 18.2 Å². The number of nitrogens with zero attached hydrogens (tertiary/aromatic N) is 3. The number of ether oxygens (including phenoxy) is 1. The molecule has 0 spiro atoms. The number of aliphatic hydroxyl groups is 1. The quantitative estimate of drug-likeness (QED) is 0.792. The number of benzene rings is 1. The highest BCUT2D eigenvalue weighted by atomic mass is 16.5. The molecule has 2 aromatic rings. The second-order valence-electron chi connectivity index (χ2n) is 6.53. The average molecular weight is 341 g/mol. The summed E-state index contributed by atoms with van der Waals surface area (Å²) in [5.74, 6) is 0.808. The highest BCUT2D eigenvalue weighted by Crippen LogP contribution is 2.10. The van der Waals surface area contributed by atoms with Crippen LogP contribution in [-0.4, -0.2) is 71.9 Å². The molecule has 1 saturated heterocycles. The number of β-amino-alcohol motifs (C(OH)–C–C–N with tert-alkyl or cyclic N) is 1. The lowest BCUT2D eigenvalue weighted by molar-refractivity contribution is 0.0463. The summed E-state index contributed by atoms with van der Waals surface area (Å²) in [5, 5.41) is 10.2. The number of pyridine rings is 1. The van der Waals surface area contributed by atoms with Crippen LogP contribution in [0.3, 0.4) is 0 Å². The van der Waals surface area contributed by atoms with Gasteiger partial charge in [-0.3, -0.25) is 9.88 Å². The zero-order valence-corrected chi connectivity index (χ0v) is 14.6. The Labute approximate surface area is 149 Å². The fraction of sp³-hybridized carbons (Fsp3) is 0.450. The van der Waals surface area contributed by atoms with Crippen molar-refractivity contribution < 1.29 is 9.84 Å². The normalized spacial score (nSPS) is 17.3. The lowest BCUT2D eigenvalue weighted by atomic mass is 10.2.